The first-order chi connectivity index (χ1) is 16.5. The van der Waals surface area contributed by atoms with Crippen LogP contribution in [0.3, 0.4) is 0 Å². The summed E-state index contributed by atoms with van der Waals surface area (Å²) in [5.41, 5.74) is 5.50. The topological polar surface area (TPSA) is 120 Å². The van der Waals surface area contributed by atoms with Gasteiger partial charge in [0.1, 0.15) is 18.2 Å². The lowest BCUT2D eigenvalue weighted by Crippen LogP contribution is -2.41. The molecule has 1 aliphatic rings. The summed E-state index contributed by atoms with van der Waals surface area (Å²) in [5.74, 6) is 0.318. The Morgan fingerprint density at radius 2 is 1.91 bits per heavy atom. The van der Waals surface area contributed by atoms with E-state index in [0.29, 0.717) is 37.4 Å². The van der Waals surface area contributed by atoms with E-state index in [-0.39, 0.29) is 23.5 Å². The van der Waals surface area contributed by atoms with Gasteiger partial charge in [0, 0.05) is 25.3 Å². The predicted octanol–water partition coefficient (Wildman–Crippen LogP) is 3.31. The molecule has 1 saturated heterocycles. The fourth-order valence-electron chi connectivity index (χ4n) is 4.03. The molecule has 1 amide bonds. The molecule has 1 fully saturated rings. The van der Waals surface area contributed by atoms with Gasteiger partial charge >= 0.3 is 5.69 Å². The minimum atomic E-state index is -0.656. The molecular weight excluding hydrogens is 436 g/mol. The summed E-state index contributed by atoms with van der Waals surface area (Å²) in [6.07, 6.45) is 6.29. The van der Waals surface area contributed by atoms with Crippen LogP contribution in [-0.4, -0.2) is 41.3 Å². The second kappa shape index (κ2) is 12.4. The number of carbonyl (C=O) groups is 1. The van der Waals surface area contributed by atoms with Crippen molar-refractivity contribution in [2.45, 2.75) is 71.4 Å². The number of nitrogens with two attached hydrogens (primary N) is 1. The number of anilines is 2. The van der Waals surface area contributed by atoms with Crippen molar-refractivity contribution in [3.05, 3.63) is 50.7 Å². The number of benzene rings is 1. The summed E-state index contributed by atoms with van der Waals surface area (Å²) in [7, 11) is 0. The Morgan fingerprint density at radius 1 is 1.18 bits per heavy atom. The normalized spacial score (nSPS) is 15.4. The zero-order chi connectivity index (χ0) is 24.5. The first kappa shape index (κ1) is 25.6. The first-order valence-corrected chi connectivity index (χ1v) is 12.2. The molecule has 1 atom stereocenters. The smallest absolute Gasteiger partial charge is 0.330 e. The molecule has 0 bridgehead atoms. The molecule has 186 valence electrons. The number of nitrogen functional groups attached to an aromatic ring is 1. The maximum absolute atomic E-state index is 13.5. The molecule has 1 aromatic carbocycles. The van der Waals surface area contributed by atoms with Crippen molar-refractivity contribution in [1.29, 1.82) is 0 Å². The van der Waals surface area contributed by atoms with E-state index < -0.39 is 11.2 Å². The van der Waals surface area contributed by atoms with Crippen LogP contribution in [0.1, 0.15) is 69.2 Å². The molecule has 0 saturated carbocycles. The van der Waals surface area contributed by atoms with Gasteiger partial charge in [-0.2, -0.15) is 0 Å². The van der Waals surface area contributed by atoms with Crippen LogP contribution in [0, 0.1) is 0 Å². The van der Waals surface area contributed by atoms with Crippen LogP contribution < -0.4 is 26.6 Å². The fraction of sp³-hybridized carbons (Fsp3) is 0.560. The third-order valence-electron chi connectivity index (χ3n) is 6.01. The summed E-state index contributed by atoms with van der Waals surface area (Å²) in [5, 5.41) is 0. The summed E-state index contributed by atoms with van der Waals surface area (Å²) in [6, 6.07) is 6.83. The van der Waals surface area contributed by atoms with Crippen LogP contribution in [0.25, 0.3) is 0 Å². The SMILES string of the molecule is CCCCCN(C(=O)c1ccc(OCC2CCCO2)cc1)c1c(N)n(CCCC)c(=O)[nH]c1=O. The number of H-pyrrole nitrogens is 1. The van der Waals surface area contributed by atoms with Gasteiger partial charge in [0.15, 0.2) is 5.69 Å². The zero-order valence-corrected chi connectivity index (χ0v) is 20.2. The van der Waals surface area contributed by atoms with Gasteiger partial charge in [-0.25, -0.2) is 4.79 Å². The number of rotatable bonds is 12. The van der Waals surface area contributed by atoms with Gasteiger partial charge in [0.05, 0.1) is 6.10 Å². The average molecular weight is 473 g/mol. The van der Waals surface area contributed by atoms with E-state index in [1.807, 2.05) is 6.92 Å². The van der Waals surface area contributed by atoms with E-state index in [2.05, 4.69) is 11.9 Å². The summed E-state index contributed by atoms with van der Waals surface area (Å²) >= 11 is 0. The minimum Gasteiger partial charge on any atom is -0.491 e. The number of nitrogens with one attached hydrogen (secondary N) is 1. The van der Waals surface area contributed by atoms with Crippen molar-refractivity contribution in [2.75, 3.05) is 30.4 Å². The van der Waals surface area contributed by atoms with Gasteiger partial charge in [-0.3, -0.25) is 19.1 Å². The quantitative estimate of drug-likeness (QED) is 0.457. The molecule has 9 nitrogen and oxygen atoms in total. The van der Waals surface area contributed by atoms with Crippen molar-refractivity contribution in [1.82, 2.24) is 9.55 Å². The van der Waals surface area contributed by atoms with Crippen LogP contribution in [-0.2, 0) is 11.3 Å². The molecule has 3 rings (SSSR count). The number of nitrogens with zero attached hydrogens (tertiary/aromatic N) is 2. The molecule has 1 aromatic heterocycles. The van der Waals surface area contributed by atoms with Crippen LogP contribution in [0.2, 0.25) is 0 Å². The van der Waals surface area contributed by atoms with Gasteiger partial charge in [-0.15, -0.1) is 0 Å². The highest BCUT2D eigenvalue weighted by atomic mass is 16.5. The van der Waals surface area contributed by atoms with Gasteiger partial charge in [-0.1, -0.05) is 33.1 Å². The number of amides is 1. The summed E-state index contributed by atoms with van der Waals surface area (Å²) in [4.78, 5) is 42.4. The van der Waals surface area contributed by atoms with Crippen molar-refractivity contribution >= 4 is 17.4 Å². The van der Waals surface area contributed by atoms with Crippen LogP contribution >= 0.6 is 0 Å². The van der Waals surface area contributed by atoms with E-state index in [1.54, 1.807) is 24.3 Å². The lowest BCUT2D eigenvalue weighted by atomic mass is 10.1. The standard InChI is InChI=1S/C25H36N4O5/c1-3-5-7-15-28(21-22(26)29(14-6-4-2)25(32)27-23(21)30)24(31)18-10-12-19(13-11-18)34-17-20-9-8-16-33-20/h10-13,20H,3-9,14-17,26H2,1-2H3,(H,27,30,32). The highest BCUT2D eigenvalue weighted by molar-refractivity contribution is 6.07. The Morgan fingerprint density at radius 3 is 2.56 bits per heavy atom. The van der Waals surface area contributed by atoms with E-state index in [0.717, 1.165) is 45.1 Å². The number of aromatic amines is 1. The number of carbonyl (C=O) groups excluding carboxylic acids is 1. The third-order valence-corrected chi connectivity index (χ3v) is 6.01. The lowest BCUT2D eigenvalue weighted by Gasteiger charge is -2.25. The second-order valence-corrected chi connectivity index (χ2v) is 8.63. The minimum absolute atomic E-state index is 0.0172. The highest BCUT2D eigenvalue weighted by Crippen LogP contribution is 2.22. The summed E-state index contributed by atoms with van der Waals surface area (Å²) in [6.45, 7) is 6.00. The Labute approximate surface area is 199 Å². The Balaban J connectivity index is 1.86. The molecule has 9 heteroatoms. The molecule has 2 aromatic rings. The van der Waals surface area contributed by atoms with E-state index in [1.165, 1.54) is 9.47 Å². The fourth-order valence-corrected chi connectivity index (χ4v) is 4.03. The summed E-state index contributed by atoms with van der Waals surface area (Å²) < 4.78 is 12.7. The lowest BCUT2D eigenvalue weighted by molar-refractivity contribution is 0.0679. The largest absolute Gasteiger partial charge is 0.491 e. The maximum Gasteiger partial charge on any atom is 0.330 e. The van der Waals surface area contributed by atoms with Crippen LogP contribution in [0.5, 0.6) is 5.75 Å². The molecule has 1 unspecified atom stereocenters. The Bertz CT molecular complexity index is 1050. The Hall–Kier alpha value is -3.07. The molecule has 3 N–H and O–H groups in total. The van der Waals surface area contributed by atoms with Crippen molar-refractivity contribution in [3.63, 3.8) is 0 Å². The molecule has 0 radical (unpaired) electrons. The maximum atomic E-state index is 13.5. The van der Waals surface area contributed by atoms with E-state index in [4.69, 9.17) is 15.2 Å². The van der Waals surface area contributed by atoms with Gasteiger partial charge < -0.3 is 20.1 Å². The first-order valence-electron chi connectivity index (χ1n) is 12.2. The van der Waals surface area contributed by atoms with Crippen LogP contribution in [0.4, 0.5) is 11.5 Å². The van der Waals surface area contributed by atoms with Crippen molar-refractivity contribution in [3.8, 4) is 5.75 Å². The third kappa shape index (κ3) is 6.28. The average Bonchev–Trinajstić information content (AvgIpc) is 3.35. The van der Waals surface area contributed by atoms with Crippen molar-refractivity contribution < 1.29 is 14.3 Å². The van der Waals surface area contributed by atoms with Crippen molar-refractivity contribution in [2.24, 2.45) is 0 Å². The molecular formula is C25H36N4O5. The molecule has 0 aliphatic carbocycles. The zero-order valence-electron chi connectivity index (χ0n) is 20.2. The predicted molar refractivity (Wildman–Crippen MR) is 133 cm³/mol. The van der Waals surface area contributed by atoms with Crippen LogP contribution in [0.15, 0.2) is 33.9 Å². The highest BCUT2D eigenvalue weighted by Gasteiger charge is 2.25. The molecule has 0 spiro atoms. The number of ether oxygens (including phenoxy) is 2. The number of hydrogen-bond acceptors (Lipinski definition) is 6. The monoisotopic (exact) mass is 472 g/mol. The van der Waals surface area contributed by atoms with Gasteiger partial charge in [0.25, 0.3) is 11.5 Å². The second-order valence-electron chi connectivity index (χ2n) is 8.63. The van der Waals surface area contributed by atoms with Gasteiger partial charge in [-0.05, 0) is 49.9 Å². The number of aromatic nitrogens is 2. The number of unbranched alkanes of at least 4 members (excludes halogenated alkanes) is 3. The number of hydrogen-bond donors (Lipinski definition) is 2. The molecule has 2 heterocycles. The van der Waals surface area contributed by atoms with Gasteiger partial charge in [0.2, 0.25) is 0 Å². The van der Waals surface area contributed by atoms with E-state index in [9.17, 15) is 14.4 Å². The molecule has 1 aliphatic heterocycles. The van der Waals surface area contributed by atoms with E-state index >= 15 is 0 Å². The molecule has 34 heavy (non-hydrogen) atoms. The Kier molecular flexibility index (Phi) is 9.33.